The second-order valence-electron chi connectivity index (χ2n) is 7.00. The average Bonchev–Trinajstić information content (AvgIpc) is 3.18. The SMILES string of the molecule is Fc1cnccc1CN1CCCC(CCc2nc(-c3cccnc3)no2)C1. The molecule has 1 unspecified atom stereocenters. The molecule has 0 saturated carbocycles. The van der Waals surface area contributed by atoms with Crippen molar-refractivity contribution < 1.29 is 8.91 Å². The van der Waals surface area contributed by atoms with Gasteiger partial charge in [0.25, 0.3) is 0 Å². The van der Waals surface area contributed by atoms with Gasteiger partial charge in [-0.1, -0.05) is 5.16 Å². The zero-order chi connectivity index (χ0) is 18.5. The highest BCUT2D eigenvalue weighted by molar-refractivity contribution is 5.51. The van der Waals surface area contributed by atoms with Gasteiger partial charge in [-0.05, 0) is 49.9 Å². The fourth-order valence-corrected chi connectivity index (χ4v) is 3.60. The molecule has 0 N–H and O–H groups in total. The number of piperidine rings is 1. The van der Waals surface area contributed by atoms with E-state index < -0.39 is 0 Å². The molecular weight excluding hydrogens is 345 g/mol. The molecule has 0 bridgehead atoms. The molecular formula is C20H22FN5O. The number of aryl methyl sites for hydroxylation is 1. The minimum atomic E-state index is -0.228. The second-order valence-corrected chi connectivity index (χ2v) is 7.00. The van der Waals surface area contributed by atoms with Gasteiger partial charge in [0.15, 0.2) is 0 Å². The van der Waals surface area contributed by atoms with Gasteiger partial charge in [-0.3, -0.25) is 14.9 Å². The van der Waals surface area contributed by atoms with Crippen molar-refractivity contribution in [2.75, 3.05) is 13.1 Å². The van der Waals surface area contributed by atoms with E-state index in [0.717, 1.165) is 37.9 Å². The Bertz CT molecular complexity index is 870. The summed E-state index contributed by atoms with van der Waals surface area (Å²) >= 11 is 0. The van der Waals surface area contributed by atoms with E-state index in [1.165, 1.54) is 12.6 Å². The van der Waals surface area contributed by atoms with Crippen LogP contribution in [0.1, 0.15) is 30.7 Å². The van der Waals surface area contributed by atoms with E-state index in [4.69, 9.17) is 4.52 Å². The second kappa shape index (κ2) is 8.35. The maximum atomic E-state index is 13.8. The Morgan fingerprint density at radius 2 is 2.11 bits per heavy atom. The van der Waals surface area contributed by atoms with E-state index in [0.29, 0.717) is 29.7 Å². The molecule has 140 valence electrons. The maximum absolute atomic E-state index is 13.8. The van der Waals surface area contributed by atoms with Crippen molar-refractivity contribution in [1.82, 2.24) is 25.0 Å². The van der Waals surface area contributed by atoms with Gasteiger partial charge in [0.05, 0.1) is 6.20 Å². The molecule has 0 aliphatic carbocycles. The van der Waals surface area contributed by atoms with Crippen LogP contribution < -0.4 is 0 Å². The van der Waals surface area contributed by atoms with Crippen molar-refractivity contribution in [3.63, 3.8) is 0 Å². The highest BCUT2D eigenvalue weighted by Gasteiger charge is 2.21. The fraction of sp³-hybridized carbons (Fsp3) is 0.400. The zero-order valence-corrected chi connectivity index (χ0v) is 15.1. The molecule has 1 aliphatic rings. The van der Waals surface area contributed by atoms with Gasteiger partial charge in [0.2, 0.25) is 11.7 Å². The molecule has 0 amide bonds. The summed E-state index contributed by atoms with van der Waals surface area (Å²) in [6, 6.07) is 5.53. The highest BCUT2D eigenvalue weighted by atomic mass is 19.1. The van der Waals surface area contributed by atoms with Crippen LogP contribution in [0.15, 0.2) is 47.5 Å². The zero-order valence-electron chi connectivity index (χ0n) is 15.1. The van der Waals surface area contributed by atoms with Crippen LogP contribution in [0.3, 0.4) is 0 Å². The summed E-state index contributed by atoms with van der Waals surface area (Å²) in [5.74, 6) is 1.56. The Hall–Kier alpha value is -2.67. The molecule has 4 heterocycles. The molecule has 3 aromatic rings. The minimum Gasteiger partial charge on any atom is -0.339 e. The van der Waals surface area contributed by atoms with Gasteiger partial charge in [-0.25, -0.2) is 4.39 Å². The van der Waals surface area contributed by atoms with Gasteiger partial charge in [0, 0.05) is 49.2 Å². The van der Waals surface area contributed by atoms with Crippen LogP contribution in [-0.4, -0.2) is 38.1 Å². The standard InChI is InChI=1S/C20H22FN5O/c21-18-12-23-9-7-17(18)14-26-10-2-3-15(13-26)5-6-19-24-20(25-27-19)16-4-1-8-22-11-16/h1,4,7-9,11-12,15H,2-3,5-6,10,13-14H2. The molecule has 1 fully saturated rings. The molecule has 7 heteroatoms. The van der Waals surface area contributed by atoms with E-state index >= 15 is 0 Å². The molecule has 1 aliphatic heterocycles. The first kappa shape index (κ1) is 17.7. The largest absolute Gasteiger partial charge is 0.339 e. The molecule has 6 nitrogen and oxygen atoms in total. The Balaban J connectivity index is 1.31. The first-order valence-electron chi connectivity index (χ1n) is 9.31. The fourth-order valence-electron chi connectivity index (χ4n) is 3.60. The number of nitrogens with zero attached hydrogens (tertiary/aromatic N) is 5. The molecule has 0 radical (unpaired) electrons. The van der Waals surface area contributed by atoms with Crippen LogP contribution in [0.2, 0.25) is 0 Å². The Labute approximate surface area is 157 Å². The molecule has 1 atom stereocenters. The van der Waals surface area contributed by atoms with Crippen LogP contribution in [0.5, 0.6) is 0 Å². The van der Waals surface area contributed by atoms with Gasteiger partial charge >= 0.3 is 0 Å². The van der Waals surface area contributed by atoms with Crippen molar-refractivity contribution in [3.05, 3.63) is 60.3 Å². The predicted molar refractivity (Wildman–Crippen MR) is 98.0 cm³/mol. The van der Waals surface area contributed by atoms with E-state index in [1.54, 1.807) is 24.7 Å². The van der Waals surface area contributed by atoms with E-state index in [9.17, 15) is 4.39 Å². The lowest BCUT2D eigenvalue weighted by atomic mass is 9.93. The first-order chi connectivity index (χ1) is 13.3. The summed E-state index contributed by atoms with van der Waals surface area (Å²) in [6.07, 6.45) is 10.4. The van der Waals surface area contributed by atoms with Crippen molar-refractivity contribution in [2.24, 2.45) is 5.92 Å². The van der Waals surface area contributed by atoms with Crippen LogP contribution >= 0.6 is 0 Å². The van der Waals surface area contributed by atoms with Crippen molar-refractivity contribution >= 4 is 0 Å². The molecule has 0 aromatic carbocycles. The third-order valence-corrected chi connectivity index (χ3v) is 5.01. The van der Waals surface area contributed by atoms with Crippen LogP contribution in [0, 0.1) is 11.7 Å². The molecule has 0 spiro atoms. The summed E-state index contributed by atoms with van der Waals surface area (Å²) < 4.78 is 19.2. The highest BCUT2D eigenvalue weighted by Crippen LogP contribution is 2.23. The Morgan fingerprint density at radius 3 is 2.96 bits per heavy atom. The lowest BCUT2D eigenvalue weighted by molar-refractivity contribution is 0.158. The third kappa shape index (κ3) is 4.54. The van der Waals surface area contributed by atoms with E-state index in [-0.39, 0.29) is 5.82 Å². The Morgan fingerprint density at radius 1 is 1.19 bits per heavy atom. The number of likely N-dealkylation sites (tertiary alicyclic amines) is 1. The monoisotopic (exact) mass is 367 g/mol. The molecule has 4 rings (SSSR count). The third-order valence-electron chi connectivity index (χ3n) is 5.01. The summed E-state index contributed by atoms with van der Waals surface area (Å²) in [5, 5.41) is 4.05. The average molecular weight is 367 g/mol. The molecule has 27 heavy (non-hydrogen) atoms. The summed E-state index contributed by atoms with van der Waals surface area (Å²) in [5.41, 5.74) is 1.57. The summed E-state index contributed by atoms with van der Waals surface area (Å²) in [7, 11) is 0. The number of aromatic nitrogens is 4. The van der Waals surface area contributed by atoms with Crippen LogP contribution in [-0.2, 0) is 13.0 Å². The van der Waals surface area contributed by atoms with Gasteiger partial charge < -0.3 is 4.52 Å². The smallest absolute Gasteiger partial charge is 0.226 e. The van der Waals surface area contributed by atoms with Gasteiger partial charge in [-0.2, -0.15) is 4.98 Å². The predicted octanol–water partition coefficient (Wildman–Crippen LogP) is 3.51. The lowest BCUT2D eigenvalue weighted by Crippen LogP contribution is -2.35. The number of pyridine rings is 2. The van der Waals surface area contributed by atoms with Gasteiger partial charge in [0.1, 0.15) is 5.82 Å². The minimum absolute atomic E-state index is 0.228. The summed E-state index contributed by atoms with van der Waals surface area (Å²) in [6.45, 7) is 2.60. The maximum Gasteiger partial charge on any atom is 0.226 e. The normalized spacial score (nSPS) is 17.9. The number of halogens is 1. The number of rotatable bonds is 6. The summed E-state index contributed by atoms with van der Waals surface area (Å²) in [4.78, 5) is 14.7. The number of hydrogen-bond donors (Lipinski definition) is 0. The van der Waals surface area contributed by atoms with E-state index in [1.807, 2.05) is 12.1 Å². The quantitative estimate of drug-likeness (QED) is 0.664. The van der Waals surface area contributed by atoms with Gasteiger partial charge in [-0.15, -0.1) is 0 Å². The Kier molecular flexibility index (Phi) is 5.48. The van der Waals surface area contributed by atoms with E-state index in [2.05, 4.69) is 25.0 Å². The topological polar surface area (TPSA) is 67.9 Å². The van der Waals surface area contributed by atoms with Crippen molar-refractivity contribution in [2.45, 2.75) is 32.2 Å². The number of hydrogen-bond acceptors (Lipinski definition) is 6. The first-order valence-corrected chi connectivity index (χ1v) is 9.31. The molecule has 3 aromatic heterocycles. The lowest BCUT2D eigenvalue weighted by Gasteiger charge is -2.32. The van der Waals surface area contributed by atoms with Crippen LogP contribution in [0.4, 0.5) is 4.39 Å². The molecule has 1 saturated heterocycles. The van der Waals surface area contributed by atoms with Crippen molar-refractivity contribution in [1.29, 1.82) is 0 Å². The van der Waals surface area contributed by atoms with Crippen molar-refractivity contribution in [3.8, 4) is 11.4 Å². The van der Waals surface area contributed by atoms with Crippen LogP contribution in [0.25, 0.3) is 11.4 Å².